The topological polar surface area (TPSA) is 67.4 Å². The molecule has 0 saturated heterocycles. The summed E-state index contributed by atoms with van der Waals surface area (Å²) in [5, 5.41) is 2.46. The van der Waals surface area contributed by atoms with Crippen molar-refractivity contribution in [2.24, 2.45) is 0 Å². The fourth-order valence-electron chi connectivity index (χ4n) is 3.05. The smallest absolute Gasteiger partial charge is 0.238 e. The van der Waals surface area contributed by atoms with Crippen molar-refractivity contribution in [3.05, 3.63) is 59.9 Å². The Kier molecular flexibility index (Phi) is 7.64. The number of anilines is 3. The van der Waals surface area contributed by atoms with Crippen LogP contribution in [0.2, 0.25) is 0 Å². The zero-order valence-electron chi connectivity index (χ0n) is 18.0. The van der Waals surface area contributed by atoms with Crippen LogP contribution >= 0.6 is 0 Å². The van der Waals surface area contributed by atoms with Gasteiger partial charge in [0.05, 0.1) is 17.5 Å². The first-order chi connectivity index (χ1) is 14.6. The Morgan fingerprint density at radius 1 is 1.13 bits per heavy atom. The molecular formula is C22H27F3N2O3S. The first-order valence-corrected chi connectivity index (χ1v) is 11.3. The fourth-order valence-corrected chi connectivity index (χ4v) is 4.71. The zero-order valence-corrected chi connectivity index (χ0v) is 18.8. The predicted octanol–water partition coefficient (Wildman–Crippen LogP) is 6.04. The van der Waals surface area contributed by atoms with Gasteiger partial charge in [0.25, 0.3) is 0 Å². The van der Waals surface area contributed by atoms with E-state index in [4.69, 9.17) is 4.74 Å². The fraction of sp³-hybridized carbons (Fsp3) is 0.364. The maximum atomic E-state index is 14.9. The van der Waals surface area contributed by atoms with E-state index in [1.807, 2.05) is 13.8 Å². The van der Waals surface area contributed by atoms with Crippen LogP contribution in [0.1, 0.15) is 38.7 Å². The third kappa shape index (κ3) is 4.98. The normalized spacial score (nSPS) is 14.2. The van der Waals surface area contributed by atoms with E-state index >= 15 is 0 Å². The molecule has 170 valence electrons. The molecule has 0 atom stereocenters. The van der Waals surface area contributed by atoms with Crippen LogP contribution in [-0.4, -0.2) is 20.3 Å². The van der Waals surface area contributed by atoms with Crippen molar-refractivity contribution in [1.29, 1.82) is 0 Å². The maximum Gasteiger partial charge on any atom is 0.238 e. The van der Waals surface area contributed by atoms with Gasteiger partial charge in [-0.05, 0) is 43.9 Å². The molecule has 3 rings (SSSR count). The summed E-state index contributed by atoms with van der Waals surface area (Å²) in [4.78, 5) is 0. The van der Waals surface area contributed by atoms with Gasteiger partial charge < -0.3 is 10.1 Å². The SMILES string of the molecule is C=CCC1(S(=O)(=O)Nc2c(F)cc(OC)c(F)c2Nc2ccc(C)cc2F)CC1.CC. The van der Waals surface area contributed by atoms with Crippen molar-refractivity contribution < 1.29 is 26.3 Å². The lowest BCUT2D eigenvalue weighted by atomic mass is 10.2. The van der Waals surface area contributed by atoms with E-state index < -0.39 is 49.3 Å². The quantitative estimate of drug-likeness (QED) is 0.475. The van der Waals surface area contributed by atoms with Crippen LogP contribution in [0.4, 0.5) is 30.2 Å². The standard InChI is InChI=1S/C20H21F3N2O3S.C2H6/c1-4-7-20(8-9-20)29(26,27)25-18-14(22)11-16(28-3)17(23)19(18)24-15-6-5-12(2)10-13(15)21;1-2/h4-6,10-11,24-25H,1,7-9H2,2-3H3;1-2H3. The van der Waals surface area contributed by atoms with Gasteiger partial charge in [0, 0.05) is 6.07 Å². The average molecular weight is 457 g/mol. The minimum Gasteiger partial charge on any atom is -0.493 e. The molecule has 9 heteroatoms. The van der Waals surface area contributed by atoms with Crippen LogP contribution < -0.4 is 14.8 Å². The summed E-state index contributed by atoms with van der Waals surface area (Å²) in [6, 6.07) is 4.87. The van der Waals surface area contributed by atoms with Gasteiger partial charge in [0.15, 0.2) is 17.4 Å². The molecule has 0 spiro atoms. The number of halogens is 3. The summed E-state index contributed by atoms with van der Waals surface area (Å²) < 4.78 is 75.4. The largest absolute Gasteiger partial charge is 0.493 e. The molecule has 2 N–H and O–H groups in total. The molecule has 31 heavy (non-hydrogen) atoms. The van der Waals surface area contributed by atoms with E-state index in [-0.39, 0.29) is 12.1 Å². The first kappa shape index (κ1) is 24.6. The van der Waals surface area contributed by atoms with Crippen molar-refractivity contribution in [1.82, 2.24) is 0 Å². The van der Waals surface area contributed by atoms with Gasteiger partial charge in [0.2, 0.25) is 10.0 Å². The lowest BCUT2D eigenvalue weighted by molar-refractivity contribution is 0.384. The average Bonchev–Trinajstić information content (AvgIpc) is 3.52. The highest BCUT2D eigenvalue weighted by Gasteiger charge is 2.54. The Hall–Kier alpha value is -2.68. The Labute approximate surface area is 181 Å². The molecule has 0 unspecified atom stereocenters. The summed E-state index contributed by atoms with van der Waals surface area (Å²) in [6.07, 6.45) is 2.41. The molecule has 0 bridgehead atoms. The Morgan fingerprint density at radius 3 is 2.29 bits per heavy atom. The van der Waals surface area contributed by atoms with Crippen LogP contribution in [0, 0.1) is 24.4 Å². The van der Waals surface area contributed by atoms with Crippen LogP contribution in [0.15, 0.2) is 36.9 Å². The van der Waals surface area contributed by atoms with Gasteiger partial charge >= 0.3 is 0 Å². The number of aryl methyl sites for hydroxylation is 1. The van der Waals surface area contributed by atoms with E-state index in [0.717, 1.165) is 13.2 Å². The Morgan fingerprint density at radius 2 is 1.77 bits per heavy atom. The van der Waals surface area contributed by atoms with Crippen molar-refractivity contribution in [2.75, 3.05) is 17.1 Å². The minimum atomic E-state index is -4.06. The van der Waals surface area contributed by atoms with E-state index in [1.54, 1.807) is 13.0 Å². The number of ether oxygens (including phenoxy) is 1. The Balaban J connectivity index is 0.00000166. The predicted molar refractivity (Wildman–Crippen MR) is 118 cm³/mol. The number of methoxy groups -OCH3 is 1. The van der Waals surface area contributed by atoms with E-state index in [1.165, 1.54) is 18.2 Å². The van der Waals surface area contributed by atoms with E-state index in [0.29, 0.717) is 18.4 Å². The molecule has 1 saturated carbocycles. The second kappa shape index (κ2) is 9.64. The number of allylic oxidation sites excluding steroid dienone is 1. The lowest BCUT2D eigenvalue weighted by Crippen LogP contribution is -2.30. The van der Waals surface area contributed by atoms with Crippen molar-refractivity contribution in [2.45, 2.75) is 44.8 Å². The van der Waals surface area contributed by atoms with Crippen molar-refractivity contribution in [3.63, 3.8) is 0 Å². The van der Waals surface area contributed by atoms with Crippen LogP contribution in [0.3, 0.4) is 0 Å². The number of benzene rings is 2. The molecule has 2 aromatic carbocycles. The van der Waals surface area contributed by atoms with Gasteiger partial charge in [-0.15, -0.1) is 6.58 Å². The highest BCUT2D eigenvalue weighted by atomic mass is 32.2. The zero-order chi connectivity index (χ0) is 23.4. The lowest BCUT2D eigenvalue weighted by Gasteiger charge is -2.21. The van der Waals surface area contributed by atoms with Gasteiger partial charge in [-0.3, -0.25) is 4.72 Å². The molecule has 0 heterocycles. The molecular weight excluding hydrogens is 429 g/mol. The highest BCUT2D eigenvalue weighted by molar-refractivity contribution is 7.94. The van der Waals surface area contributed by atoms with E-state index in [9.17, 15) is 21.6 Å². The molecule has 1 fully saturated rings. The third-order valence-electron chi connectivity index (χ3n) is 4.92. The first-order valence-electron chi connectivity index (χ1n) is 9.86. The molecule has 0 aliphatic heterocycles. The molecule has 0 aromatic heterocycles. The van der Waals surface area contributed by atoms with Gasteiger partial charge in [0.1, 0.15) is 17.2 Å². The monoisotopic (exact) mass is 456 g/mol. The van der Waals surface area contributed by atoms with Crippen LogP contribution in [0.25, 0.3) is 0 Å². The molecule has 1 aliphatic rings. The molecule has 0 radical (unpaired) electrons. The van der Waals surface area contributed by atoms with Crippen molar-refractivity contribution in [3.8, 4) is 5.75 Å². The van der Waals surface area contributed by atoms with Crippen molar-refractivity contribution >= 4 is 27.1 Å². The van der Waals surface area contributed by atoms with Gasteiger partial charge in [-0.2, -0.15) is 0 Å². The number of hydrogen-bond acceptors (Lipinski definition) is 4. The molecule has 1 aliphatic carbocycles. The summed E-state index contributed by atoms with van der Waals surface area (Å²) in [6.45, 7) is 9.23. The molecule has 2 aromatic rings. The summed E-state index contributed by atoms with van der Waals surface area (Å²) in [5.41, 5.74) is -0.720. The van der Waals surface area contributed by atoms with Crippen LogP contribution in [0.5, 0.6) is 5.75 Å². The number of rotatable bonds is 8. The molecule has 0 amide bonds. The van der Waals surface area contributed by atoms with Crippen LogP contribution in [-0.2, 0) is 10.0 Å². The van der Waals surface area contributed by atoms with Gasteiger partial charge in [-0.1, -0.05) is 26.0 Å². The third-order valence-corrected chi connectivity index (χ3v) is 7.11. The summed E-state index contributed by atoms with van der Waals surface area (Å²) >= 11 is 0. The number of sulfonamides is 1. The number of nitrogens with one attached hydrogen (secondary N) is 2. The Bertz CT molecular complexity index is 1070. The molecule has 5 nitrogen and oxygen atoms in total. The second-order valence-electron chi connectivity index (χ2n) is 7.01. The van der Waals surface area contributed by atoms with E-state index in [2.05, 4.69) is 16.6 Å². The summed E-state index contributed by atoms with van der Waals surface area (Å²) in [7, 11) is -2.92. The highest BCUT2D eigenvalue weighted by Crippen LogP contribution is 2.48. The second-order valence-corrected chi connectivity index (χ2v) is 9.09. The maximum absolute atomic E-state index is 14.9. The minimum absolute atomic E-state index is 0.144. The summed E-state index contributed by atoms with van der Waals surface area (Å²) in [5.74, 6) is -3.27. The number of hydrogen-bond donors (Lipinski definition) is 2. The van der Waals surface area contributed by atoms with Gasteiger partial charge in [-0.25, -0.2) is 21.6 Å².